The second-order valence-electron chi connectivity index (χ2n) is 10.7. The van der Waals surface area contributed by atoms with Crippen LogP contribution in [-0.2, 0) is 19.1 Å². The summed E-state index contributed by atoms with van der Waals surface area (Å²) in [4.78, 5) is 35.0. The molecule has 3 saturated carbocycles. The van der Waals surface area contributed by atoms with Gasteiger partial charge in [-0.2, -0.15) is 0 Å². The number of carboxylic acid groups (broad SMARTS) is 1. The molecule has 0 bridgehead atoms. The van der Waals surface area contributed by atoms with Crippen molar-refractivity contribution in [1.82, 2.24) is 0 Å². The number of hydrogen-bond acceptors (Lipinski definition) is 4. The SMILES string of the molecule is C[C@]12CC[C@H]3[C@@H](CCC4=CC(=O)CC[C@@]43C)[C@@H]1CC[C@@H]2OC(=O)CCCCC(=O)O. The molecule has 0 saturated heterocycles. The van der Waals surface area contributed by atoms with Crippen molar-refractivity contribution < 1.29 is 24.2 Å². The van der Waals surface area contributed by atoms with E-state index in [1.807, 2.05) is 6.08 Å². The lowest BCUT2D eigenvalue weighted by Crippen LogP contribution is -2.51. The molecule has 0 heterocycles. The van der Waals surface area contributed by atoms with E-state index in [1.54, 1.807) is 0 Å². The summed E-state index contributed by atoms with van der Waals surface area (Å²) >= 11 is 0. The van der Waals surface area contributed by atoms with Gasteiger partial charge < -0.3 is 9.84 Å². The summed E-state index contributed by atoms with van der Waals surface area (Å²) in [5.41, 5.74) is 1.63. The number of allylic oxidation sites excluding steroid dienone is 1. The van der Waals surface area contributed by atoms with Gasteiger partial charge in [0.25, 0.3) is 0 Å². The van der Waals surface area contributed by atoms with Gasteiger partial charge in [0.2, 0.25) is 0 Å². The summed E-state index contributed by atoms with van der Waals surface area (Å²) in [5.74, 6) is 1.23. The van der Waals surface area contributed by atoms with Crippen molar-refractivity contribution in [3.8, 4) is 0 Å². The van der Waals surface area contributed by atoms with E-state index in [1.165, 1.54) is 5.57 Å². The van der Waals surface area contributed by atoms with Crippen molar-refractivity contribution in [1.29, 1.82) is 0 Å². The minimum Gasteiger partial charge on any atom is -0.481 e. The molecule has 4 rings (SSSR count). The van der Waals surface area contributed by atoms with Gasteiger partial charge in [0.05, 0.1) is 0 Å². The van der Waals surface area contributed by atoms with E-state index >= 15 is 0 Å². The van der Waals surface area contributed by atoms with Gasteiger partial charge >= 0.3 is 11.9 Å². The summed E-state index contributed by atoms with van der Waals surface area (Å²) in [6.07, 6.45) is 11.7. The summed E-state index contributed by atoms with van der Waals surface area (Å²) < 4.78 is 5.97. The number of carbonyl (C=O) groups is 3. The lowest BCUT2D eigenvalue weighted by Gasteiger charge is -2.57. The molecular weight excluding hydrogens is 380 g/mol. The molecule has 6 atom stereocenters. The molecule has 0 aliphatic heterocycles. The van der Waals surface area contributed by atoms with E-state index in [9.17, 15) is 14.4 Å². The lowest BCUT2D eigenvalue weighted by atomic mass is 9.47. The quantitative estimate of drug-likeness (QED) is 0.483. The van der Waals surface area contributed by atoms with E-state index in [-0.39, 0.29) is 29.3 Å². The average molecular weight is 417 g/mol. The van der Waals surface area contributed by atoms with Crippen LogP contribution in [0.1, 0.15) is 90.9 Å². The number of unbranched alkanes of at least 4 members (excludes halogenated alkanes) is 1. The molecule has 3 fully saturated rings. The van der Waals surface area contributed by atoms with E-state index < -0.39 is 5.97 Å². The first-order valence-corrected chi connectivity index (χ1v) is 11.9. The van der Waals surface area contributed by atoms with Crippen LogP contribution in [0.25, 0.3) is 0 Å². The molecule has 5 heteroatoms. The van der Waals surface area contributed by atoms with E-state index in [4.69, 9.17) is 9.84 Å². The molecule has 4 aliphatic rings. The molecule has 0 aromatic rings. The van der Waals surface area contributed by atoms with E-state index in [0.717, 1.165) is 44.9 Å². The molecule has 0 amide bonds. The second kappa shape index (κ2) is 8.12. The Kier molecular flexibility index (Phi) is 5.84. The van der Waals surface area contributed by atoms with Crippen molar-refractivity contribution in [3.05, 3.63) is 11.6 Å². The smallest absolute Gasteiger partial charge is 0.306 e. The van der Waals surface area contributed by atoms with Gasteiger partial charge in [-0.05, 0) is 87.0 Å². The van der Waals surface area contributed by atoms with Crippen LogP contribution in [0, 0.1) is 28.6 Å². The van der Waals surface area contributed by atoms with Crippen LogP contribution in [0.5, 0.6) is 0 Å². The van der Waals surface area contributed by atoms with Crippen LogP contribution < -0.4 is 0 Å². The molecule has 30 heavy (non-hydrogen) atoms. The van der Waals surface area contributed by atoms with Gasteiger partial charge in [0, 0.05) is 24.7 Å². The van der Waals surface area contributed by atoms with Crippen LogP contribution >= 0.6 is 0 Å². The van der Waals surface area contributed by atoms with Gasteiger partial charge in [-0.15, -0.1) is 0 Å². The minimum atomic E-state index is -0.812. The van der Waals surface area contributed by atoms with Crippen molar-refractivity contribution in [2.75, 3.05) is 0 Å². The maximum atomic E-state index is 12.4. The van der Waals surface area contributed by atoms with Crippen LogP contribution in [0.15, 0.2) is 11.6 Å². The normalized spacial score (nSPS) is 40.1. The Morgan fingerprint density at radius 2 is 1.80 bits per heavy atom. The number of ketones is 1. The van der Waals surface area contributed by atoms with Gasteiger partial charge in [-0.3, -0.25) is 14.4 Å². The first-order chi connectivity index (χ1) is 14.2. The predicted octanol–water partition coefficient (Wildman–Crippen LogP) is 5.08. The third kappa shape index (κ3) is 3.73. The van der Waals surface area contributed by atoms with Crippen molar-refractivity contribution in [3.63, 3.8) is 0 Å². The number of hydrogen-bond donors (Lipinski definition) is 1. The summed E-state index contributed by atoms with van der Waals surface area (Å²) in [6.45, 7) is 4.73. The summed E-state index contributed by atoms with van der Waals surface area (Å²) in [6, 6.07) is 0. The summed E-state index contributed by atoms with van der Waals surface area (Å²) in [7, 11) is 0. The number of carbonyl (C=O) groups excluding carboxylic acids is 2. The molecule has 0 aromatic carbocycles. The van der Waals surface area contributed by atoms with Crippen LogP contribution in [0.2, 0.25) is 0 Å². The predicted molar refractivity (Wildman–Crippen MR) is 113 cm³/mol. The molecule has 1 N–H and O–H groups in total. The number of rotatable bonds is 6. The Morgan fingerprint density at radius 3 is 2.57 bits per heavy atom. The molecule has 0 aromatic heterocycles. The fraction of sp³-hybridized carbons (Fsp3) is 0.800. The zero-order valence-corrected chi connectivity index (χ0v) is 18.5. The fourth-order valence-corrected chi connectivity index (χ4v) is 7.47. The Bertz CT molecular complexity index is 755. The third-order valence-electron chi connectivity index (χ3n) is 9.17. The maximum absolute atomic E-state index is 12.4. The van der Waals surface area contributed by atoms with E-state index in [0.29, 0.717) is 49.2 Å². The zero-order valence-electron chi connectivity index (χ0n) is 18.5. The maximum Gasteiger partial charge on any atom is 0.306 e. The summed E-state index contributed by atoms with van der Waals surface area (Å²) in [5, 5.41) is 8.73. The monoisotopic (exact) mass is 416 g/mol. The Labute approximate surface area is 179 Å². The molecule has 166 valence electrons. The largest absolute Gasteiger partial charge is 0.481 e. The first kappa shape index (κ1) is 21.6. The Balaban J connectivity index is 1.40. The topological polar surface area (TPSA) is 80.7 Å². The Morgan fingerprint density at radius 1 is 1.03 bits per heavy atom. The number of carboxylic acids is 1. The van der Waals surface area contributed by atoms with Crippen LogP contribution in [0.4, 0.5) is 0 Å². The molecule has 0 unspecified atom stereocenters. The minimum absolute atomic E-state index is 0.00639. The number of ether oxygens (including phenoxy) is 1. The van der Waals surface area contributed by atoms with Gasteiger partial charge in [0.15, 0.2) is 5.78 Å². The highest BCUT2D eigenvalue weighted by Crippen LogP contribution is 2.65. The molecule has 4 aliphatic carbocycles. The molecule has 0 spiro atoms. The van der Waals surface area contributed by atoms with Crippen LogP contribution in [-0.4, -0.2) is 28.9 Å². The van der Waals surface area contributed by atoms with Crippen molar-refractivity contribution >= 4 is 17.7 Å². The standard InChI is InChI=1S/C25H36O5/c1-24-13-11-17(26)15-16(24)7-8-18-19-9-10-21(25(19,2)14-12-20(18)24)30-23(29)6-4-3-5-22(27)28/h15,18-21H,3-14H2,1-2H3,(H,27,28)/t18-,19-,20-,21-,24-,25-/m0/s1. The van der Waals surface area contributed by atoms with Crippen molar-refractivity contribution in [2.45, 2.75) is 97.0 Å². The number of fused-ring (bicyclic) bond motifs is 5. The van der Waals surface area contributed by atoms with Gasteiger partial charge in [-0.1, -0.05) is 19.4 Å². The van der Waals surface area contributed by atoms with Crippen LogP contribution in [0.3, 0.4) is 0 Å². The molecule has 5 nitrogen and oxygen atoms in total. The lowest BCUT2D eigenvalue weighted by molar-refractivity contribution is -0.160. The highest BCUT2D eigenvalue weighted by molar-refractivity contribution is 5.91. The van der Waals surface area contributed by atoms with Gasteiger partial charge in [-0.25, -0.2) is 0 Å². The highest BCUT2D eigenvalue weighted by Gasteiger charge is 2.59. The van der Waals surface area contributed by atoms with Gasteiger partial charge in [0.1, 0.15) is 6.10 Å². The molecule has 0 radical (unpaired) electrons. The Hall–Kier alpha value is -1.65. The first-order valence-electron chi connectivity index (χ1n) is 11.9. The highest BCUT2D eigenvalue weighted by atomic mass is 16.5. The average Bonchev–Trinajstić information content (AvgIpc) is 3.02. The zero-order chi connectivity index (χ0) is 21.5. The second-order valence-corrected chi connectivity index (χ2v) is 10.7. The number of aliphatic carboxylic acids is 1. The third-order valence-corrected chi connectivity index (χ3v) is 9.17. The fourth-order valence-electron chi connectivity index (χ4n) is 7.47. The number of esters is 1. The van der Waals surface area contributed by atoms with E-state index in [2.05, 4.69) is 13.8 Å². The molecular formula is C25H36O5. The van der Waals surface area contributed by atoms with Crippen molar-refractivity contribution in [2.24, 2.45) is 28.6 Å².